The molecule has 1 aliphatic carbocycles. The van der Waals surface area contributed by atoms with Crippen LogP contribution in [0.25, 0.3) is 0 Å². The number of allylic oxidation sites excluding steroid dienone is 2. The number of ketones is 1. The number of hydrogen-bond donors (Lipinski definition) is 1. The highest BCUT2D eigenvalue weighted by Crippen LogP contribution is 2.36. The number of rotatable bonds is 3. The summed E-state index contributed by atoms with van der Waals surface area (Å²) in [4.78, 5) is 11.7. The molecule has 74 valence electrons. The molecule has 0 unspecified atom stereocenters. The summed E-state index contributed by atoms with van der Waals surface area (Å²) in [6.07, 6.45) is 1.56. The van der Waals surface area contributed by atoms with Crippen molar-refractivity contribution in [1.82, 2.24) is 0 Å². The molecule has 1 N–H and O–H groups in total. The van der Waals surface area contributed by atoms with Crippen LogP contribution >= 0.6 is 0 Å². The Hall–Kier alpha value is -0.630. The van der Waals surface area contributed by atoms with Crippen LogP contribution in [0.15, 0.2) is 11.1 Å². The maximum atomic E-state index is 11.7. The van der Waals surface area contributed by atoms with E-state index in [1.807, 2.05) is 13.8 Å². The first-order chi connectivity index (χ1) is 6.09. The monoisotopic (exact) mass is 182 g/mol. The molecule has 2 nitrogen and oxygen atoms in total. The molecule has 0 bridgehead atoms. The minimum atomic E-state index is 0.132. The number of carbonyl (C=O) groups is 1. The van der Waals surface area contributed by atoms with E-state index < -0.39 is 0 Å². The Bertz CT molecular complexity index is 240. The van der Waals surface area contributed by atoms with E-state index in [9.17, 15) is 4.79 Å². The third-order valence-corrected chi connectivity index (χ3v) is 3.26. The Kier molecular flexibility index (Phi) is 3.26. The Balaban J connectivity index is 2.67. The van der Waals surface area contributed by atoms with Crippen molar-refractivity contribution < 1.29 is 9.90 Å². The lowest BCUT2D eigenvalue weighted by Crippen LogP contribution is -2.15. The summed E-state index contributed by atoms with van der Waals surface area (Å²) in [6, 6.07) is 0. The molecule has 0 amide bonds. The smallest absolute Gasteiger partial charge is 0.162 e. The Labute approximate surface area is 79.6 Å². The van der Waals surface area contributed by atoms with Crippen LogP contribution in [0.3, 0.4) is 0 Å². The second kappa shape index (κ2) is 4.05. The maximum absolute atomic E-state index is 11.7. The van der Waals surface area contributed by atoms with Gasteiger partial charge in [-0.05, 0) is 38.2 Å². The molecule has 1 rings (SSSR count). The summed E-state index contributed by atoms with van der Waals surface area (Å²) in [7, 11) is 0. The number of hydrogen-bond acceptors (Lipinski definition) is 2. The van der Waals surface area contributed by atoms with Gasteiger partial charge in [-0.1, -0.05) is 12.5 Å². The molecule has 0 aliphatic heterocycles. The predicted molar refractivity (Wildman–Crippen MR) is 52.4 cm³/mol. The van der Waals surface area contributed by atoms with Gasteiger partial charge in [-0.2, -0.15) is 0 Å². The topological polar surface area (TPSA) is 37.3 Å². The van der Waals surface area contributed by atoms with Crippen LogP contribution in [0.2, 0.25) is 0 Å². The van der Waals surface area contributed by atoms with Crippen molar-refractivity contribution in [1.29, 1.82) is 0 Å². The Morgan fingerprint density at radius 3 is 2.38 bits per heavy atom. The molecular formula is C11H18O2. The van der Waals surface area contributed by atoms with E-state index in [4.69, 9.17) is 5.11 Å². The third kappa shape index (κ3) is 1.83. The fourth-order valence-corrected chi connectivity index (χ4v) is 2.04. The molecular weight excluding hydrogens is 164 g/mol. The van der Waals surface area contributed by atoms with Gasteiger partial charge < -0.3 is 5.11 Å². The molecule has 1 aliphatic rings. The first kappa shape index (κ1) is 10.5. The first-order valence-corrected chi connectivity index (χ1v) is 4.92. The summed E-state index contributed by atoms with van der Waals surface area (Å²) < 4.78 is 0. The zero-order valence-electron chi connectivity index (χ0n) is 8.63. The second-order valence-corrected chi connectivity index (χ2v) is 3.93. The van der Waals surface area contributed by atoms with E-state index in [1.54, 1.807) is 0 Å². The minimum Gasteiger partial charge on any atom is -0.396 e. The zero-order valence-corrected chi connectivity index (χ0v) is 8.63. The average molecular weight is 182 g/mol. The van der Waals surface area contributed by atoms with Crippen LogP contribution in [0.1, 0.15) is 33.6 Å². The number of Topliss-reactive ketones (excluding diaryl/α,β-unsaturated/α-hetero) is 1. The third-order valence-electron chi connectivity index (χ3n) is 3.26. The number of carbonyl (C=O) groups excluding carboxylic acids is 1. The SMILES string of the molecule is CC1=C(C)[C@@H](C)[C@H](CCCO)C1=O. The molecule has 2 atom stereocenters. The summed E-state index contributed by atoms with van der Waals surface area (Å²) in [5.41, 5.74) is 2.17. The summed E-state index contributed by atoms with van der Waals surface area (Å²) in [6.45, 7) is 6.24. The van der Waals surface area contributed by atoms with Crippen LogP contribution in [-0.2, 0) is 4.79 Å². The van der Waals surface area contributed by atoms with Crippen molar-refractivity contribution in [3.05, 3.63) is 11.1 Å². The van der Waals surface area contributed by atoms with Gasteiger partial charge in [-0.25, -0.2) is 0 Å². The molecule has 0 saturated heterocycles. The van der Waals surface area contributed by atoms with Crippen LogP contribution in [0, 0.1) is 11.8 Å². The van der Waals surface area contributed by atoms with Crippen molar-refractivity contribution in [3.63, 3.8) is 0 Å². The van der Waals surface area contributed by atoms with Crippen molar-refractivity contribution >= 4 is 5.78 Å². The maximum Gasteiger partial charge on any atom is 0.162 e. The van der Waals surface area contributed by atoms with Crippen LogP contribution < -0.4 is 0 Å². The van der Waals surface area contributed by atoms with Gasteiger partial charge in [-0.3, -0.25) is 4.79 Å². The lowest BCUT2D eigenvalue weighted by atomic mass is 9.89. The van der Waals surface area contributed by atoms with Crippen LogP contribution in [0.5, 0.6) is 0 Å². The fourth-order valence-electron chi connectivity index (χ4n) is 2.04. The molecule has 2 heteroatoms. The predicted octanol–water partition coefficient (Wildman–Crippen LogP) is 1.93. The van der Waals surface area contributed by atoms with Gasteiger partial charge in [0.1, 0.15) is 0 Å². The Morgan fingerprint density at radius 1 is 1.38 bits per heavy atom. The largest absolute Gasteiger partial charge is 0.396 e. The molecule has 0 aromatic rings. The first-order valence-electron chi connectivity index (χ1n) is 4.92. The van der Waals surface area contributed by atoms with Crippen LogP contribution in [0.4, 0.5) is 0 Å². The van der Waals surface area contributed by atoms with E-state index in [0.29, 0.717) is 11.7 Å². The van der Waals surface area contributed by atoms with Gasteiger partial charge in [-0.15, -0.1) is 0 Å². The van der Waals surface area contributed by atoms with Crippen molar-refractivity contribution in [3.8, 4) is 0 Å². The standard InChI is InChI=1S/C11H18O2/c1-7-8(2)10(5-4-6-12)11(13)9(7)3/h8,10,12H,4-6H2,1-3H3/t8-,10+/m1/s1. The molecule has 13 heavy (non-hydrogen) atoms. The van der Waals surface area contributed by atoms with Gasteiger partial charge in [0.05, 0.1) is 0 Å². The normalized spacial score (nSPS) is 28.8. The van der Waals surface area contributed by atoms with Crippen molar-refractivity contribution in [2.24, 2.45) is 11.8 Å². The van der Waals surface area contributed by atoms with Gasteiger partial charge in [0.2, 0.25) is 0 Å². The Morgan fingerprint density at radius 2 is 2.00 bits per heavy atom. The molecule has 0 radical (unpaired) electrons. The highest BCUT2D eigenvalue weighted by Gasteiger charge is 2.34. The highest BCUT2D eigenvalue weighted by molar-refractivity contribution is 6.00. The van der Waals surface area contributed by atoms with E-state index in [2.05, 4.69) is 6.92 Å². The quantitative estimate of drug-likeness (QED) is 0.724. The summed E-state index contributed by atoms with van der Waals surface area (Å²) >= 11 is 0. The van der Waals surface area contributed by atoms with E-state index in [-0.39, 0.29) is 12.5 Å². The van der Waals surface area contributed by atoms with Gasteiger partial charge in [0.25, 0.3) is 0 Å². The van der Waals surface area contributed by atoms with E-state index in [0.717, 1.165) is 18.4 Å². The second-order valence-electron chi connectivity index (χ2n) is 3.93. The van der Waals surface area contributed by atoms with Crippen molar-refractivity contribution in [2.45, 2.75) is 33.6 Å². The average Bonchev–Trinajstić information content (AvgIpc) is 2.30. The van der Waals surface area contributed by atoms with E-state index >= 15 is 0 Å². The molecule has 0 aromatic heterocycles. The molecule has 0 fully saturated rings. The molecule has 0 aromatic carbocycles. The molecule has 0 saturated carbocycles. The minimum absolute atomic E-state index is 0.132. The number of aliphatic hydroxyl groups excluding tert-OH is 1. The summed E-state index contributed by atoms with van der Waals surface area (Å²) in [5.74, 6) is 0.796. The molecule has 0 spiro atoms. The molecule has 0 heterocycles. The zero-order chi connectivity index (χ0) is 10.0. The lowest BCUT2D eigenvalue weighted by molar-refractivity contribution is -0.119. The van der Waals surface area contributed by atoms with E-state index in [1.165, 1.54) is 5.57 Å². The fraction of sp³-hybridized carbons (Fsp3) is 0.727. The van der Waals surface area contributed by atoms with Crippen LogP contribution in [-0.4, -0.2) is 17.5 Å². The summed E-state index contributed by atoms with van der Waals surface area (Å²) in [5, 5.41) is 8.71. The number of aliphatic hydroxyl groups is 1. The van der Waals surface area contributed by atoms with Gasteiger partial charge >= 0.3 is 0 Å². The van der Waals surface area contributed by atoms with Gasteiger partial charge in [0, 0.05) is 12.5 Å². The lowest BCUT2D eigenvalue weighted by Gasteiger charge is -2.14. The van der Waals surface area contributed by atoms with Gasteiger partial charge in [0.15, 0.2) is 5.78 Å². The van der Waals surface area contributed by atoms with Crippen molar-refractivity contribution in [2.75, 3.05) is 6.61 Å². The highest BCUT2D eigenvalue weighted by atomic mass is 16.2.